The lowest BCUT2D eigenvalue weighted by atomic mass is 10.1. The predicted octanol–water partition coefficient (Wildman–Crippen LogP) is 1.13. The Bertz CT molecular complexity index is 650. The quantitative estimate of drug-likeness (QED) is 0.832. The minimum Gasteiger partial charge on any atom is -0.494 e. The normalized spacial score (nSPS) is 13.9. The molecule has 0 saturated heterocycles. The second-order valence-corrected chi connectivity index (χ2v) is 4.69. The van der Waals surface area contributed by atoms with Crippen molar-refractivity contribution in [3.8, 4) is 5.75 Å². The van der Waals surface area contributed by atoms with E-state index in [0.29, 0.717) is 30.1 Å². The van der Waals surface area contributed by atoms with Crippen molar-refractivity contribution in [1.29, 1.82) is 0 Å². The molecule has 0 unspecified atom stereocenters. The molecule has 1 aliphatic rings. The fourth-order valence-electron chi connectivity index (χ4n) is 2.47. The molecule has 0 spiro atoms. The van der Waals surface area contributed by atoms with Crippen molar-refractivity contribution in [2.75, 3.05) is 19.4 Å². The van der Waals surface area contributed by atoms with Gasteiger partial charge in [0.25, 0.3) is 5.91 Å². The lowest BCUT2D eigenvalue weighted by Gasteiger charge is -2.28. The van der Waals surface area contributed by atoms with E-state index < -0.39 is 0 Å². The summed E-state index contributed by atoms with van der Waals surface area (Å²) in [5.74, 6) is 1.25. The molecule has 0 bridgehead atoms. The lowest BCUT2D eigenvalue weighted by Crippen LogP contribution is -2.38. The van der Waals surface area contributed by atoms with Gasteiger partial charge in [-0.05, 0) is 12.1 Å². The minimum absolute atomic E-state index is 0.0802. The molecule has 2 N–H and O–H groups in total. The number of aromatic nitrogens is 2. The van der Waals surface area contributed by atoms with E-state index in [9.17, 15) is 4.79 Å². The molecule has 1 amide bonds. The number of carbonyl (C=O) groups is 1. The number of para-hydroxylation sites is 1. The average molecular weight is 272 g/mol. The number of amides is 1. The molecule has 1 aliphatic heterocycles. The largest absolute Gasteiger partial charge is 0.494 e. The SMILES string of the molecule is COc1c(N)cccc1C(=O)N1CCn2ccnc2C1. The number of nitrogens with zero attached hydrogens (tertiary/aromatic N) is 3. The summed E-state index contributed by atoms with van der Waals surface area (Å²) in [6.45, 7) is 1.91. The number of hydrogen-bond acceptors (Lipinski definition) is 4. The van der Waals surface area contributed by atoms with Gasteiger partial charge in [-0.25, -0.2) is 4.98 Å². The average Bonchev–Trinajstić information content (AvgIpc) is 2.93. The van der Waals surface area contributed by atoms with Crippen LogP contribution < -0.4 is 10.5 Å². The Balaban J connectivity index is 1.89. The first-order valence-electron chi connectivity index (χ1n) is 6.42. The first-order chi connectivity index (χ1) is 9.70. The number of fused-ring (bicyclic) bond motifs is 1. The van der Waals surface area contributed by atoms with Gasteiger partial charge in [-0.1, -0.05) is 6.07 Å². The van der Waals surface area contributed by atoms with Crippen LogP contribution in [-0.4, -0.2) is 34.0 Å². The highest BCUT2D eigenvalue weighted by Crippen LogP contribution is 2.27. The van der Waals surface area contributed by atoms with Crippen LogP contribution in [0.4, 0.5) is 5.69 Å². The molecule has 104 valence electrons. The smallest absolute Gasteiger partial charge is 0.258 e. The Morgan fingerprint density at radius 1 is 1.40 bits per heavy atom. The van der Waals surface area contributed by atoms with Gasteiger partial charge in [0.15, 0.2) is 5.75 Å². The summed E-state index contributed by atoms with van der Waals surface area (Å²) in [4.78, 5) is 18.6. The third-order valence-corrected chi connectivity index (χ3v) is 3.51. The van der Waals surface area contributed by atoms with Crippen molar-refractivity contribution < 1.29 is 9.53 Å². The number of carbonyl (C=O) groups excluding carboxylic acids is 1. The Hall–Kier alpha value is -2.50. The van der Waals surface area contributed by atoms with Crippen molar-refractivity contribution >= 4 is 11.6 Å². The summed E-state index contributed by atoms with van der Waals surface area (Å²) in [7, 11) is 1.52. The molecule has 2 aromatic rings. The fourth-order valence-corrected chi connectivity index (χ4v) is 2.47. The van der Waals surface area contributed by atoms with Crippen LogP contribution in [0.5, 0.6) is 5.75 Å². The number of ether oxygens (including phenoxy) is 1. The van der Waals surface area contributed by atoms with Gasteiger partial charge < -0.3 is 19.9 Å². The van der Waals surface area contributed by atoms with Crippen molar-refractivity contribution in [2.24, 2.45) is 0 Å². The summed E-state index contributed by atoms with van der Waals surface area (Å²) in [6.07, 6.45) is 3.68. The van der Waals surface area contributed by atoms with E-state index in [4.69, 9.17) is 10.5 Å². The van der Waals surface area contributed by atoms with Crippen LogP contribution in [0.1, 0.15) is 16.2 Å². The predicted molar refractivity (Wildman–Crippen MR) is 74.4 cm³/mol. The van der Waals surface area contributed by atoms with Crippen molar-refractivity contribution in [3.05, 3.63) is 42.0 Å². The zero-order chi connectivity index (χ0) is 14.1. The maximum Gasteiger partial charge on any atom is 0.258 e. The molecule has 6 heteroatoms. The standard InChI is InChI=1S/C14H16N4O2/c1-20-13-10(3-2-4-11(13)15)14(19)18-8-7-17-6-5-16-12(17)9-18/h2-6H,7-9,15H2,1H3. The molecule has 1 aromatic carbocycles. The van der Waals surface area contributed by atoms with Crippen LogP contribution in [0.3, 0.4) is 0 Å². The summed E-state index contributed by atoms with van der Waals surface area (Å²) in [5, 5.41) is 0. The van der Waals surface area contributed by atoms with Crippen LogP contribution in [0.2, 0.25) is 0 Å². The van der Waals surface area contributed by atoms with Gasteiger partial charge in [0.1, 0.15) is 5.82 Å². The third-order valence-electron chi connectivity index (χ3n) is 3.51. The molecule has 0 saturated carbocycles. The molecule has 20 heavy (non-hydrogen) atoms. The van der Waals surface area contributed by atoms with Gasteiger partial charge in [-0.15, -0.1) is 0 Å². The topological polar surface area (TPSA) is 73.4 Å². The maximum absolute atomic E-state index is 12.6. The summed E-state index contributed by atoms with van der Waals surface area (Å²) >= 11 is 0. The number of rotatable bonds is 2. The summed E-state index contributed by atoms with van der Waals surface area (Å²) in [5.41, 5.74) is 6.81. The fraction of sp³-hybridized carbons (Fsp3) is 0.286. The zero-order valence-electron chi connectivity index (χ0n) is 11.2. The summed E-state index contributed by atoms with van der Waals surface area (Å²) in [6, 6.07) is 5.22. The van der Waals surface area contributed by atoms with Crippen LogP contribution >= 0.6 is 0 Å². The Labute approximate surface area is 116 Å². The van der Waals surface area contributed by atoms with Crippen LogP contribution in [0.25, 0.3) is 0 Å². The molecular formula is C14H16N4O2. The molecule has 1 aromatic heterocycles. The van der Waals surface area contributed by atoms with Gasteiger partial charge in [0.2, 0.25) is 0 Å². The van der Waals surface area contributed by atoms with E-state index in [1.807, 2.05) is 6.20 Å². The van der Waals surface area contributed by atoms with Crippen molar-refractivity contribution in [2.45, 2.75) is 13.1 Å². The van der Waals surface area contributed by atoms with Gasteiger partial charge >= 0.3 is 0 Å². The van der Waals surface area contributed by atoms with Crippen LogP contribution in [-0.2, 0) is 13.1 Å². The zero-order valence-corrected chi connectivity index (χ0v) is 11.2. The van der Waals surface area contributed by atoms with Crippen LogP contribution in [0, 0.1) is 0 Å². The number of nitrogen functional groups attached to an aromatic ring is 1. The highest BCUT2D eigenvalue weighted by molar-refractivity contribution is 5.98. The van der Waals surface area contributed by atoms with E-state index in [-0.39, 0.29) is 5.91 Å². The van der Waals surface area contributed by atoms with Gasteiger partial charge in [-0.2, -0.15) is 0 Å². The lowest BCUT2D eigenvalue weighted by molar-refractivity contribution is 0.0704. The molecular weight excluding hydrogens is 256 g/mol. The monoisotopic (exact) mass is 272 g/mol. The highest BCUT2D eigenvalue weighted by atomic mass is 16.5. The molecule has 6 nitrogen and oxygen atoms in total. The maximum atomic E-state index is 12.6. The number of nitrogens with two attached hydrogens (primary N) is 1. The van der Waals surface area contributed by atoms with E-state index in [2.05, 4.69) is 9.55 Å². The van der Waals surface area contributed by atoms with E-state index >= 15 is 0 Å². The highest BCUT2D eigenvalue weighted by Gasteiger charge is 2.25. The molecule has 0 fully saturated rings. The number of anilines is 1. The Kier molecular flexibility index (Phi) is 3.06. The molecule has 2 heterocycles. The number of methoxy groups -OCH3 is 1. The summed E-state index contributed by atoms with van der Waals surface area (Å²) < 4.78 is 7.31. The van der Waals surface area contributed by atoms with Crippen molar-refractivity contribution in [3.63, 3.8) is 0 Å². The number of hydrogen-bond donors (Lipinski definition) is 1. The van der Waals surface area contributed by atoms with Gasteiger partial charge in [0.05, 0.1) is 24.9 Å². The van der Waals surface area contributed by atoms with E-state index in [0.717, 1.165) is 12.4 Å². The Morgan fingerprint density at radius 3 is 3.05 bits per heavy atom. The third kappa shape index (κ3) is 1.99. The van der Waals surface area contributed by atoms with Crippen LogP contribution in [0.15, 0.2) is 30.6 Å². The van der Waals surface area contributed by atoms with Gasteiger partial charge in [0, 0.05) is 25.5 Å². The second-order valence-electron chi connectivity index (χ2n) is 4.69. The minimum atomic E-state index is -0.0802. The molecule has 0 aliphatic carbocycles. The second kappa shape index (κ2) is 4.88. The van der Waals surface area contributed by atoms with E-state index in [1.165, 1.54) is 7.11 Å². The van der Waals surface area contributed by atoms with E-state index in [1.54, 1.807) is 29.3 Å². The molecule has 3 rings (SSSR count). The van der Waals surface area contributed by atoms with Gasteiger partial charge in [-0.3, -0.25) is 4.79 Å². The first kappa shape index (κ1) is 12.5. The molecule has 0 atom stereocenters. The number of imidazole rings is 1. The molecule has 0 radical (unpaired) electrons. The van der Waals surface area contributed by atoms with Crippen molar-refractivity contribution in [1.82, 2.24) is 14.5 Å². The number of benzene rings is 1. The Morgan fingerprint density at radius 2 is 2.25 bits per heavy atom. The first-order valence-corrected chi connectivity index (χ1v) is 6.42.